The van der Waals surface area contributed by atoms with Crippen LogP contribution in [0.5, 0.6) is 5.75 Å². The summed E-state index contributed by atoms with van der Waals surface area (Å²) in [5.74, 6) is 0.492. The van der Waals surface area contributed by atoms with Gasteiger partial charge in [0.05, 0.1) is 0 Å². The molecule has 0 saturated carbocycles. The van der Waals surface area contributed by atoms with Crippen LogP contribution in [0, 0.1) is 0 Å². The normalized spacial score (nSPS) is 18.1. The van der Waals surface area contributed by atoms with Crippen molar-refractivity contribution in [3.05, 3.63) is 29.8 Å². The number of carbonyl (C=O) groups is 2. The molecular formula is C16H23N3O4S. The monoisotopic (exact) mass is 353 g/mol. The predicted molar refractivity (Wildman–Crippen MR) is 93.4 cm³/mol. The molecule has 0 aliphatic carbocycles. The molecule has 132 valence electrons. The zero-order valence-corrected chi connectivity index (χ0v) is 14.5. The van der Waals surface area contributed by atoms with Gasteiger partial charge < -0.3 is 20.5 Å². The molecule has 2 rings (SSSR count). The van der Waals surface area contributed by atoms with E-state index in [0.717, 1.165) is 43.4 Å². The number of benzene rings is 1. The van der Waals surface area contributed by atoms with Crippen LogP contribution in [0.3, 0.4) is 0 Å². The van der Waals surface area contributed by atoms with Crippen LogP contribution in [-0.4, -0.2) is 53.0 Å². The summed E-state index contributed by atoms with van der Waals surface area (Å²) >= 11 is 0.854. The Morgan fingerprint density at radius 1 is 1.42 bits per heavy atom. The van der Waals surface area contributed by atoms with Crippen molar-refractivity contribution in [2.45, 2.75) is 25.8 Å². The van der Waals surface area contributed by atoms with E-state index < -0.39 is 11.4 Å². The molecule has 1 saturated heterocycles. The molecule has 24 heavy (non-hydrogen) atoms. The van der Waals surface area contributed by atoms with Crippen LogP contribution in [-0.2, 0) is 6.42 Å². The van der Waals surface area contributed by atoms with E-state index in [9.17, 15) is 9.59 Å². The van der Waals surface area contributed by atoms with Crippen molar-refractivity contribution in [3.63, 3.8) is 0 Å². The quantitative estimate of drug-likeness (QED) is 0.676. The third kappa shape index (κ3) is 6.03. The van der Waals surface area contributed by atoms with Gasteiger partial charge in [0.25, 0.3) is 0 Å². The number of piperazine rings is 1. The minimum atomic E-state index is -0.885. The van der Waals surface area contributed by atoms with E-state index in [0.29, 0.717) is 18.8 Å². The van der Waals surface area contributed by atoms with Crippen LogP contribution in [0.4, 0.5) is 9.59 Å². The van der Waals surface area contributed by atoms with Crippen LogP contribution < -0.4 is 15.4 Å². The summed E-state index contributed by atoms with van der Waals surface area (Å²) in [6, 6.07) is 7.43. The van der Waals surface area contributed by atoms with Gasteiger partial charge in [-0.15, -0.1) is 0 Å². The molecule has 0 spiro atoms. The highest BCUT2D eigenvalue weighted by Gasteiger charge is 2.25. The number of nitrogens with zero attached hydrogens (tertiary/aromatic N) is 1. The average Bonchev–Trinajstić information content (AvgIpc) is 2.56. The summed E-state index contributed by atoms with van der Waals surface area (Å²) in [6.07, 6.45) is 1.13. The molecule has 1 aliphatic rings. The minimum Gasteiger partial charge on any atom is -0.472 e. The molecule has 1 amide bonds. The Bertz CT molecular complexity index is 553. The molecule has 0 radical (unpaired) electrons. The highest BCUT2D eigenvalue weighted by atomic mass is 32.2. The number of ether oxygens (including phenoxy) is 1. The molecule has 0 aromatic heterocycles. The molecule has 1 heterocycles. The van der Waals surface area contributed by atoms with Gasteiger partial charge in [-0.25, -0.2) is 13.9 Å². The lowest BCUT2D eigenvalue weighted by Crippen LogP contribution is -2.49. The van der Waals surface area contributed by atoms with Gasteiger partial charge in [-0.05, 0) is 30.5 Å². The second-order valence-corrected chi connectivity index (χ2v) is 6.52. The Morgan fingerprint density at radius 2 is 2.17 bits per heavy atom. The van der Waals surface area contributed by atoms with E-state index >= 15 is 0 Å². The Kier molecular flexibility index (Phi) is 7.36. The molecule has 1 fully saturated rings. The molecule has 7 nitrogen and oxygen atoms in total. The Hall–Kier alpha value is -1.77. The highest BCUT2D eigenvalue weighted by molar-refractivity contribution is 8.11. The lowest BCUT2D eigenvalue weighted by molar-refractivity contribution is 0.200. The summed E-state index contributed by atoms with van der Waals surface area (Å²) in [5, 5.41) is 14.0. The smallest absolute Gasteiger partial charge is 0.412 e. The number of rotatable bonds is 6. The lowest BCUT2D eigenvalue weighted by Gasteiger charge is -2.33. The molecule has 0 bridgehead atoms. The van der Waals surface area contributed by atoms with Gasteiger partial charge >= 0.3 is 11.4 Å². The van der Waals surface area contributed by atoms with E-state index in [1.54, 1.807) is 12.1 Å². The maximum Gasteiger partial charge on any atom is 0.412 e. The van der Waals surface area contributed by atoms with Crippen molar-refractivity contribution in [2.75, 3.05) is 26.2 Å². The first kappa shape index (κ1) is 18.6. The molecule has 1 aromatic rings. The van der Waals surface area contributed by atoms with Crippen molar-refractivity contribution in [2.24, 2.45) is 0 Å². The lowest BCUT2D eigenvalue weighted by atomic mass is 10.0. The van der Waals surface area contributed by atoms with E-state index in [-0.39, 0.29) is 6.04 Å². The van der Waals surface area contributed by atoms with Crippen LogP contribution in [0.25, 0.3) is 0 Å². The number of hydrogen-bond acceptors (Lipinski definition) is 6. The van der Waals surface area contributed by atoms with Gasteiger partial charge in [-0.3, -0.25) is 0 Å². The van der Waals surface area contributed by atoms with Crippen LogP contribution in [0.2, 0.25) is 0 Å². The third-order valence-electron chi connectivity index (χ3n) is 3.62. The average molecular weight is 353 g/mol. The fourth-order valence-electron chi connectivity index (χ4n) is 2.47. The van der Waals surface area contributed by atoms with Crippen molar-refractivity contribution < 1.29 is 19.4 Å². The predicted octanol–water partition coefficient (Wildman–Crippen LogP) is 2.33. The van der Waals surface area contributed by atoms with Crippen molar-refractivity contribution >= 4 is 23.3 Å². The summed E-state index contributed by atoms with van der Waals surface area (Å²) < 4.78 is 7.08. The molecular weight excluding hydrogens is 330 g/mol. The number of carboxylic acid groups (broad SMARTS) is 1. The highest BCUT2D eigenvalue weighted by Crippen LogP contribution is 2.21. The zero-order valence-electron chi connectivity index (χ0n) is 13.7. The SMILES string of the molecule is CCCNC(=O)Oc1ccc(CC2CNCCN2SC(=O)O)cc1. The molecule has 1 unspecified atom stereocenters. The molecule has 1 aliphatic heterocycles. The van der Waals surface area contributed by atoms with Gasteiger partial charge in [0.1, 0.15) is 5.75 Å². The number of nitrogens with one attached hydrogen (secondary N) is 2. The van der Waals surface area contributed by atoms with Gasteiger partial charge in [-0.2, -0.15) is 0 Å². The molecule has 3 N–H and O–H groups in total. The van der Waals surface area contributed by atoms with Gasteiger partial charge in [0.15, 0.2) is 0 Å². The summed E-state index contributed by atoms with van der Waals surface area (Å²) in [7, 11) is 0. The van der Waals surface area contributed by atoms with Crippen molar-refractivity contribution in [1.82, 2.24) is 14.9 Å². The summed E-state index contributed by atoms with van der Waals surface area (Å²) in [5.41, 5.74) is 1.07. The maximum atomic E-state index is 11.5. The van der Waals surface area contributed by atoms with Gasteiger partial charge in [0, 0.05) is 44.2 Å². The van der Waals surface area contributed by atoms with Crippen molar-refractivity contribution in [1.29, 1.82) is 0 Å². The molecule has 1 aromatic carbocycles. The standard InChI is InChI=1S/C16H23N3O4S/c1-2-7-18-15(20)23-14-5-3-12(4-6-14)10-13-11-17-8-9-19(13)24-16(21)22/h3-6,13,17H,2,7-11H2,1H3,(H,18,20)(H,21,22). The third-order valence-corrected chi connectivity index (χ3v) is 4.49. The fraction of sp³-hybridized carbons (Fsp3) is 0.500. The zero-order chi connectivity index (χ0) is 17.4. The van der Waals surface area contributed by atoms with E-state index in [1.807, 2.05) is 23.4 Å². The van der Waals surface area contributed by atoms with Gasteiger partial charge in [-0.1, -0.05) is 19.1 Å². The second-order valence-electron chi connectivity index (χ2n) is 5.52. The Morgan fingerprint density at radius 3 is 2.83 bits per heavy atom. The Labute approximate surface area is 145 Å². The molecule has 8 heteroatoms. The van der Waals surface area contributed by atoms with Gasteiger partial charge in [0.2, 0.25) is 0 Å². The van der Waals surface area contributed by atoms with Crippen LogP contribution >= 0.6 is 11.9 Å². The van der Waals surface area contributed by atoms with Crippen LogP contribution in [0.1, 0.15) is 18.9 Å². The number of amides is 1. The second kappa shape index (κ2) is 9.51. The Balaban J connectivity index is 1.90. The van der Waals surface area contributed by atoms with E-state index in [4.69, 9.17) is 9.84 Å². The van der Waals surface area contributed by atoms with Crippen LogP contribution in [0.15, 0.2) is 24.3 Å². The largest absolute Gasteiger partial charge is 0.472 e. The summed E-state index contributed by atoms with van der Waals surface area (Å²) in [4.78, 5) is 22.4. The van der Waals surface area contributed by atoms with E-state index in [2.05, 4.69) is 10.6 Å². The first-order valence-electron chi connectivity index (χ1n) is 8.01. The topological polar surface area (TPSA) is 90.9 Å². The van der Waals surface area contributed by atoms with E-state index in [1.165, 1.54) is 0 Å². The number of hydrogen-bond donors (Lipinski definition) is 3. The first-order valence-corrected chi connectivity index (χ1v) is 8.78. The minimum absolute atomic E-state index is 0.111. The first-order chi connectivity index (χ1) is 11.6. The molecule has 1 atom stereocenters. The maximum absolute atomic E-state index is 11.5. The fourth-order valence-corrected chi connectivity index (χ4v) is 3.15. The van der Waals surface area contributed by atoms with Crippen molar-refractivity contribution in [3.8, 4) is 5.75 Å². The number of carbonyl (C=O) groups excluding carboxylic acids is 1. The summed E-state index contributed by atoms with van der Waals surface area (Å²) in [6.45, 7) is 4.79.